The highest BCUT2D eigenvalue weighted by molar-refractivity contribution is 6.08. The number of benzene rings is 1. The molecule has 27 heavy (non-hydrogen) atoms. The maximum atomic E-state index is 12.1. The summed E-state index contributed by atoms with van der Waals surface area (Å²) in [6.45, 7) is 3.77. The number of ether oxygens (including phenoxy) is 1. The highest BCUT2D eigenvalue weighted by atomic mass is 16.5. The van der Waals surface area contributed by atoms with Gasteiger partial charge in [0.05, 0.1) is 0 Å². The summed E-state index contributed by atoms with van der Waals surface area (Å²) in [4.78, 5) is 59.6. The molecule has 1 atom stereocenters. The average molecular weight is 376 g/mol. The molecule has 0 aliphatic carbocycles. The highest BCUT2D eigenvalue weighted by Crippen LogP contribution is 2.16. The lowest BCUT2D eigenvalue weighted by atomic mass is 10.1. The van der Waals surface area contributed by atoms with E-state index in [1.54, 1.807) is 0 Å². The molecule has 1 heterocycles. The molecule has 2 rings (SSSR count). The van der Waals surface area contributed by atoms with E-state index in [0.29, 0.717) is 5.69 Å². The SMILES string of the molecule is CC(OC(=O)CN1C(=O)NC(C)(C)C1=O)C(=O)Nc1ccc(C(N)=O)cc1. The molecule has 1 aliphatic heterocycles. The summed E-state index contributed by atoms with van der Waals surface area (Å²) >= 11 is 0. The summed E-state index contributed by atoms with van der Waals surface area (Å²) < 4.78 is 4.97. The van der Waals surface area contributed by atoms with Gasteiger partial charge >= 0.3 is 12.0 Å². The van der Waals surface area contributed by atoms with Crippen LogP contribution in [0.2, 0.25) is 0 Å². The first-order valence-electron chi connectivity index (χ1n) is 8.05. The van der Waals surface area contributed by atoms with Crippen molar-refractivity contribution < 1.29 is 28.7 Å². The molecular weight excluding hydrogens is 356 g/mol. The van der Waals surface area contributed by atoms with Crippen molar-refractivity contribution in [3.05, 3.63) is 29.8 Å². The lowest BCUT2D eigenvalue weighted by Crippen LogP contribution is -2.42. The van der Waals surface area contributed by atoms with Gasteiger partial charge in [0.25, 0.3) is 11.8 Å². The predicted octanol–water partition coefficient (Wildman–Crippen LogP) is -0.0139. The Bertz CT molecular complexity index is 802. The van der Waals surface area contributed by atoms with E-state index in [0.717, 1.165) is 4.90 Å². The average Bonchev–Trinajstić information content (AvgIpc) is 2.77. The molecule has 10 nitrogen and oxygen atoms in total. The van der Waals surface area contributed by atoms with E-state index in [1.807, 2.05) is 0 Å². The van der Waals surface area contributed by atoms with Crippen LogP contribution in [0.25, 0.3) is 0 Å². The van der Waals surface area contributed by atoms with Crippen molar-refractivity contribution in [3.63, 3.8) is 0 Å². The number of carbonyl (C=O) groups is 5. The quantitative estimate of drug-likeness (QED) is 0.470. The van der Waals surface area contributed by atoms with Crippen LogP contribution < -0.4 is 16.4 Å². The number of anilines is 1. The van der Waals surface area contributed by atoms with Crippen LogP contribution in [0.5, 0.6) is 0 Å². The number of rotatable bonds is 6. The Kier molecular flexibility index (Phi) is 5.48. The zero-order valence-electron chi connectivity index (χ0n) is 15.1. The Morgan fingerprint density at radius 3 is 2.30 bits per heavy atom. The van der Waals surface area contributed by atoms with Crippen molar-refractivity contribution in [2.24, 2.45) is 5.73 Å². The van der Waals surface area contributed by atoms with Crippen LogP contribution in [0, 0.1) is 0 Å². The molecule has 1 aromatic carbocycles. The summed E-state index contributed by atoms with van der Waals surface area (Å²) in [5, 5.41) is 4.95. The minimum atomic E-state index is -1.16. The monoisotopic (exact) mass is 376 g/mol. The first-order chi connectivity index (χ1) is 12.5. The van der Waals surface area contributed by atoms with Gasteiger partial charge in [0.1, 0.15) is 12.1 Å². The molecule has 1 fully saturated rings. The molecule has 4 N–H and O–H groups in total. The van der Waals surface area contributed by atoms with Crippen molar-refractivity contribution in [2.45, 2.75) is 32.4 Å². The molecule has 5 amide bonds. The predicted molar refractivity (Wildman–Crippen MR) is 93.5 cm³/mol. The number of imide groups is 1. The third-order valence-electron chi connectivity index (χ3n) is 3.85. The molecule has 0 radical (unpaired) electrons. The number of amides is 5. The van der Waals surface area contributed by atoms with Crippen LogP contribution in [-0.2, 0) is 19.1 Å². The van der Waals surface area contributed by atoms with Crippen LogP contribution in [0.3, 0.4) is 0 Å². The summed E-state index contributed by atoms with van der Waals surface area (Å²) in [7, 11) is 0. The summed E-state index contributed by atoms with van der Waals surface area (Å²) in [5.74, 6) is -2.68. The van der Waals surface area contributed by atoms with Crippen molar-refractivity contribution >= 4 is 35.4 Å². The second-order valence-corrected chi connectivity index (χ2v) is 6.51. The second-order valence-electron chi connectivity index (χ2n) is 6.51. The fourth-order valence-electron chi connectivity index (χ4n) is 2.34. The lowest BCUT2D eigenvalue weighted by Gasteiger charge is -2.17. The minimum Gasteiger partial charge on any atom is -0.451 e. The van der Waals surface area contributed by atoms with Crippen LogP contribution in [0.15, 0.2) is 24.3 Å². The van der Waals surface area contributed by atoms with Gasteiger partial charge in [-0.2, -0.15) is 0 Å². The number of primary amides is 1. The Balaban J connectivity index is 1.90. The van der Waals surface area contributed by atoms with E-state index in [1.165, 1.54) is 45.0 Å². The second kappa shape index (κ2) is 7.44. The van der Waals surface area contributed by atoms with E-state index in [-0.39, 0.29) is 5.56 Å². The van der Waals surface area contributed by atoms with Gasteiger partial charge in [-0.05, 0) is 45.0 Å². The summed E-state index contributed by atoms with van der Waals surface area (Å²) in [6, 6.07) is 5.12. The molecule has 0 bridgehead atoms. The number of nitrogens with one attached hydrogen (secondary N) is 2. The van der Waals surface area contributed by atoms with Crippen LogP contribution in [0.4, 0.5) is 10.5 Å². The van der Waals surface area contributed by atoms with Crippen molar-refractivity contribution in [2.75, 3.05) is 11.9 Å². The van der Waals surface area contributed by atoms with Gasteiger partial charge in [0.2, 0.25) is 5.91 Å². The van der Waals surface area contributed by atoms with E-state index in [9.17, 15) is 24.0 Å². The smallest absolute Gasteiger partial charge is 0.327 e. The number of hydrogen-bond acceptors (Lipinski definition) is 6. The molecule has 1 aromatic rings. The van der Waals surface area contributed by atoms with E-state index in [4.69, 9.17) is 10.5 Å². The molecule has 1 unspecified atom stereocenters. The zero-order valence-corrected chi connectivity index (χ0v) is 15.1. The normalized spacial score (nSPS) is 16.5. The number of esters is 1. The fraction of sp³-hybridized carbons (Fsp3) is 0.353. The van der Waals surface area contributed by atoms with Crippen LogP contribution in [0.1, 0.15) is 31.1 Å². The molecule has 1 saturated heterocycles. The highest BCUT2D eigenvalue weighted by Gasteiger charge is 2.45. The van der Waals surface area contributed by atoms with Crippen molar-refractivity contribution in [1.82, 2.24) is 10.2 Å². The Morgan fingerprint density at radius 2 is 1.81 bits per heavy atom. The molecule has 10 heteroatoms. The molecule has 0 saturated carbocycles. The number of nitrogens with two attached hydrogens (primary N) is 1. The maximum Gasteiger partial charge on any atom is 0.327 e. The van der Waals surface area contributed by atoms with Crippen LogP contribution >= 0.6 is 0 Å². The first kappa shape index (κ1) is 19.9. The van der Waals surface area contributed by atoms with Gasteiger partial charge in [-0.1, -0.05) is 0 Å². The minimum absolute atomic E-state index is 0.281. The van der Waals surface area contributed by atoms with Gasteiger partial charge < -0.3 is 21.1 Å². The van der Waals surface area contributed by atoms with E-state index < -0.39 is 47.9 Å². The largest absolute Gasteiger partial charge is 0.451 e. The lowest BCUT2D eigenvalue weighted by molar-refractivity contribution is -0.155. The number of carbonyl (C=O) groups excluding carboxylic acids is 5. The number of urea groups is 1. The number of hydrogen-bond donors (Lipinski definition) is 3. The fourth-order valence-corrected chi connectivity index (χ4v) is 2.34. The van der Waals surface area contributed by atoms with Gasteiger partial charge in [0.15, 0.2) is 6.10 Å². The van der Waals surface area contributed by atoms with Crippen molar-refractivity contribution in [1.29, 1.82) is 0 Å². The topological polar surface area (TPSA) is 148 Å². The van der Waals surface area contributed by atoms with E-state index in [2.05, 4.69) is 10.6 Å². The summed E-state index contributed by atoms with van der Waals surface area (Å²) in [5.41, 5.74) is 4.69. The third kappa shape index (κ3) is 4.60. The number of nitrogens with zero attached hydrogens (tertiary/aromatic N) is 1. The van der Waals surface area contributed by atoms with Gasteiger partial charge in [-0.3, -0.25) is 24.1 Å². The van der Waals surface area contributed by atoms with Gasteiger partial charge in [-0.25, -0.2) is 4.79 Å². The maximum absolute atomic E-state index is 12.1. The van der Waals surface area contributed by atoms with Crippen LogP contribution in [-0.4, -0.2) is 52.8 Å². The van der Waals surface area contributed by atoms with Gasteiger partial charge in [-0.15, -0.1) is 0 Å². The molecule has 0 spiro atoms. The Morgan fingerprint density at radius 1 is 1.22 bits per heavy atom. The third-order valence-corrected chi connectivity index (χ3v) is 3.85. The molecule has 0 aromatic heterocycles. The van der Waals surface area contributed by atoms with Crippen molar-refractivity contribution in [3.8, 4) is 0 Å². The standard InChI is InChI=1S/C17H20N4O6/c1-9(14(24)19-11-6-4-10(5-7-11)13(18)23)27-12(22)8-21-15(25)17(2,3)20-16(21)26/h4-7,9H,8H2,1-3H3,(H2,18,23)(H,19,24)(H,20,26). The van der Waals surface area contributed by atoms with E-state index >= 15 is 0 Å². The first-order valence-corrected chi connectivity index (χ1v) is 8.05. The van der Waals surface area contributed by atoms with Gasteiger partial charge in [0, 0.05) is 11.3 Å². The summed E-state index contributed by atoms with van der Waals surface area (Å²) in [6.07, 6.45) is -1.16. The Labute approximate surface area is 155 Å². The molecule has 1 aliphatic rings. The molecular formula is C17H20N4O6. The molecule has 144 valence electrons. The Hall–Kier alpha value is -3.43. The zero-order chi connectivity index (χ0) is 20.4.